The Kier molecular flexibility index (Phi) is 5.27. The van der Waals surface area contributed by atoms with Crippen LogP contribution in [0.15, 0.2) is 18.2 Å². The summed E-state index contributed by atoms with van der Waals surface area (Å²) >= 11 is 0. The first kappa shape index (κ1) is 18.5. The molecule has 1 aliphatic heterocycles. The second kappa shape index (κ2) is 6.28. The number of rotatable bonds is 2. The molecule has 1 N–H and O–H groups in total. The standard InChI is InChI=1S/C13H12F5NO2.ClH/c14-12(15)3-5-19(6-4-12)10-2-1-8(13(16,17)18)7-9(10)11(20)21;/h1-2,7H,3-6H2,(H,20,21);1H. The predicted molar refractivity (Wildman–Crippen MR) is 72.0 cm³/mol. The van der Waals surface area contributed by atoms with Crippen molar-refractivity contribution in [1.82, 2.24) is 0 Å². The highest BCUT2D eigenvalue weighted by Crippen LogP contribution is 2.35. The van der Waals surface area contributed by atoms with Crippen LogP contribution in [0.5, 0.6) is 0 Å². The van der Waals surface area contributed by atoms with Gasteiger partial charge in [-0.3, -0.25) is 0 Å². The van der Waals surface area contributed by atoms with Crippen molar-refractivity contribution in [2.75, 3.05) is 18.0 Å². The molecule has 1 aliphatic rings. The lowest BCUT2D eigenvalue weighted by Gasteiger charge is -2.34. The fourth-order valence-electron chi connectivity index (χ4n) is 2.23. The molecule has 1 aromatic carbocycles. The van der Waals surface area contributed by atoms with Crippen molar-refractivity contribution in [3.63, 3.8) is 0 Å². The number of carboxylic acid groups (broad SMARTS) is 1. The second-order valence-electron chi connectivity index (χ2n) is 4.88. The van der Waals surface area contributed by atoms with Crippen LogP contribution >= 0.6 is 12.4 Å². The van der Waals surface area contributed by atoms with Crippen LogP contribution in [0.2, 0.25) is 0 Å². The van der Waals surface area contributed by atoms with Crippen molar-refractivity contribution in [1.29, 1.82) is 0 Å². The molecule has 0 radical (unpaired) electrons. The van der Waals surface area contributed by atoms with E-state index in [9.17, 15) is 26.7 Å². The molecule has 9 heteroatoms. The number of benzene rings is 1. The molecular formula is C13H13ClF5NO2. The molecule has 0 amide bonds. The molecule has 1 aromatic rings. The van der Waals surface area contributed by atoms with Gasteiger partial charge in [-0.05, 0) is 18.2 Å². The van der Waals surface area contributed by atoms with E-state index in [-0.39, 0.29) is 31.2 Å². The lowest BCUT2D eigenvalue weighted by molar-refractivity contribution is -0.137. The number of carboxylic acids is 1. The molecule has 124 valence electrons. The fraction of sp³-hybridized carbons (Fsp3) is 0.462. The minimum atomic E-state index is -4.66. The largest absolute Gasteiger partial charge is 0.478 e. The molecule has 2 rings (SSSR count). The highest BCUT2D eigenvalue weighted by atomic mass is 35.5. The third-order valence-electron chi connectivity index (χ3n) is 3.39. The highest BCUT2D eigenvalue weighted by Gasteiger charge is 2.36. The number of alkyl halides is 5. The Morgan fingerprint density at radius 1 is 1.18 bits per heavy atom. The van der Waals surface area contributed by atoms with Crippen molar-refractivity contribution in [2.45, 2.75) is 24.9 Å². The van der Waals surface area contributed by atoms with Gasteiger partial charge in [0.25, 0.3) is 5.92 Å². The minimum absolute atomic E-state index is 0. The molecule has 1 fully saturated rings. The predicted octanol–water partition coefficient (Wildman–Crippen LogP) is 4.06. The van der Waals surface area contributed by atoms with Gasteiger partial charge in [0.2, 0.25) is 0 Å². The zero-order chi connectivity index (χ0) is 15.8. The topological polar surface area (TPSA) is 40.5 Å². The van der Waals surface area contributed by atoms with Crippen molar-refractivity contribution in [3.05, 3.63) is 29.3 Å². The molecule has 22 heavy (non-hydrogen) atoms. The van der Waals surface area contributed by atoms with E-state index < -0.39 is 42.0 Å². The summed E-state index contributed by atoms with van der Waals surface area (Å²) in [4.78, 5) is 12.5. The third kappa shape index (κ3) is 4.00. The van der Waals surface area contributed by atoms with Gasteiger partial charge in [-0.1, -0.05) is 0 Å². The minimum Gasteiger partial charge on any atom is -0.478 e. The first-order chi connectivity index (χ1) is 9.60. The van der Waals surface area contributed by atoms with Gasteiger partial charge in [0.15, 0.2) is 0 Å². The summed E-state index contributed by atoms with van der Waals surface area (Å²) in [5, 5.41) is 9.05. The van der Waals surface area contributed by atoms with Crippen LogP contribution < -0.4 is 4.90 Å². The quantitative estimate of drug-likeness (QED) is 0.822. The maximum atomic E-state index is 13.1. The van der Waals surface area contributed by atoms with Crippen LogP contribution in [0.1, 0.15) is 28.8 Å². The van der Waals surface area contributed by atoms with Gasteiger partial charge < -0.3 is 10.0 Å². The highest BCUT2D eigenvalue weighted by molar-refractivity contribution is 5.94. The Morgan fingerprint density at radius 3 is 2.18 bits per heavy atom. The molecular weight excluding hydrogens is 333 g/mol. The van der Waals surface area contributed by atoms with Crippen molar-refractivity contribution < 1.29 is 31.9 Å². The first-order valence-electron chi connectivity index (χ1n) is 6.17. The summed E-state index contributed by atoms with van der Waals surface area (Å²) < 4.78 is 64.0. The number of hydrogen-bond donors (Lipinski definition) is 1. The first-order valence-corrected chi connectivity index (χ1v) is 6.17. The average molecular weight is 346 g/mol. The van der Waals surface area contributed by atoms with E-state index in [0.717, 1.165) is 12.1 Å². The van der Waals surface area contributed by atoms with Gasteiger partial charge >= 0.3 is 12.1 Å². The maximum absolute atomic E-state index is 13.1. The van der Waals surface area contributed by atoms with Gasteiger partial charge in [-0.2, -0.15) is 13.2 Å². The second-order valence-corrected chi connectivity index (χ2v) is 4.88. The number of nitrogens with zero attached hydrogens (tertiary/aromatic N) is 1. The molecule has 0 saturated carbocycles. The van der Waals surface area contributed by atoms with Crippen LogP contribution in [0.25, 0.3) is 0 Å². The number of aromatic carboxylic acids is 1. The van der Waals surface area contributed by atoms with E-state index in [0.29, 0.717) is 6.07 Å². The third-order valence-corrected chi connectivity index (χ3v) is 3.39. The molecule has 0 aliphatic carbocycles. The molecule has 1 saturated heterocycles. The summed E-state index contributed by atoms with van der Waals surface area (Å²) in [7, 11) is 0. The summed E-state index contributed by atoms with van der Waals surface area (Å²) in [5.74, 6) is -4.33. The average Bonchev–Trinajstić information content (AvgIpc) is 2.37. The summed E-state index contributed by atoms with van der Waals surface area (Å²) in [6.07, 6.45) is -5.56. The normalized spacial score (nSPS) is 17.8. The fourth-order valence-corrected chi connectivity index (χ4v) is 2.23. The number of piperidine rings is 1. The summed E-state index contributed by atoms with van der Waals surface area (Å²) in [6.45, 7) is -0.197. The molecule has 0 atom stereocenters. The number of anilines is 1. The molecule has 3 nitrogen and oxygen atoms in total. The van der Waals surface area contributed by atoms with Gasteiger partial charge in [-0.25, -0.2) is 13.6 Å². The molecule has 1 heterocycles. The Hall–Kier alpha value is -1.57. The smallest absolute Gasteiger partial charge is 0.416 e. The van der Waals surface area contributed by atoms with Gasteiger partial charge in [0.1, 0.15) is 0 Å². The van der Waals surface area contributed by atoms with E-state index in [1.165, 1.54) is 4.90 Å². The molecule has 0 bridgehead atoms. The monoisotopic (exact) mass is 345 g/mol. The van der Waals surface area contributed by atoms with Crippen LogP contribution in [0, 0.1) is 0 Å². The lowest BCUT2D eigenvalue weighted by atomic mass is 10.0. The SMILES string of the molecule is Cl.O=C(O)c1cc(C(F)(F)F)ccc1N1CCC(F)(F)CC1. The van der Waals surface area contributed by atoms with Crippen LogP contribution in [0.4, 0.5) is 27.6 Å². The van der Waals surface area contributed by atoms with E-state index >= 15 is 0 Å². The zero-order valence-electron chi connectivity index (χ0n) is 11.2. The Bertz CT molecular complexity index is 552. The van der Waals surface area contributed by atoms with E-state index in [2.05, 4.69) is 0 Å². The van der Waals surface area contributed by atoms with Crippen molar-refractivity contribution in [3.8, 4) is 0 Å². The molecule has 0 aromatic heterocycles. The molecule has 0 spiro atoms. The summed E-state index contributed by atoms with van der Waals surface area (Å²) in [6, 6.07) is 2.31. The number of hydrogen-bond acceptors (Lipinski definition) is 2. The Labute approximate surface area is 129 Å². The molecule has 0 unspecified atom stereocenters. The van der Waals surface area contributed by atoms with Crippen molar-refractivity contribution in [2.24, 2.45) is 0 Å². The van der Waals surface area contributed by atoms with Gasteiger partial charge in [0.05, 0.1) is 16.8 Å². The number of halogens is 6. The Balaban J connectivity index is 0.00000242. The zero-order valence-corrected chi connectivity index (χ0v) is 12.0. The van der Waals surface area contributed by atoms with E-state index in [1.807, 2.05) is 0 Å². The van der Waals surface area contributed by atoms with Crippen LogP contribution in [-0.2, 0) is 6.18 Å². The van der Waals surface area contributed by atoms with E-state index in [1.54, 1.807) is 0 Å². The van der Waals surface area contributed by atoms with Crippen molar-refractivity contribution >= 4 is 24.1 Å². The van der Waals surface area contributed by atoms with E-state index in [4.69, 9.17) is 5.11 Å². The summed E-state index contributed by atoms with van der Waals surface area (Å²) in [5.41, 5.74) is -1.58. The Morgan fingerprint density at radius 2 is 1.73 bits per heavy atom. The van der Waals surface area contributed by atoms with Crippen LogP contribution in [-0.4, -0.2) is 30.1 Å². The maximum Gasteiger partial charge on any atom is 0.416 e. The van der Waals surface area contributed by atoms with Crippen LogP contribution in [0.3, 0.4) is 0 Å². The van der Waals surface area contributed by atoms with Gasteiger partial charge in [0, 0.05) is 25.9 Å². The van der Waals surface area contributed by atoms with Gasteiger partial charge in [-0.15, -0.1) is 12.4 Å². The lowest BCUT2D eigenvalue weighted by Crippen LogP contribution is -2.40. The number of carbonyl (C=O) groups is 1.